The summed E-state index contributed by atoms with van der Waals surface area (Å²) in [5.74, 6) is 0.905. The lowest BCUT2D eigenvalue weighted by Crippen LogP contribution is -2.47. The zero-order valence-electron chi connectivity index (χ0n) is 20.6. The average Bonchev–Trinajstić information content (AvgIpc) is 3.53. The van der Waals surface area contributed by atoms with Crippen LogP contribution < -0.4 is 10.4 Å². The van der Waals surface area contributed by atoms with Crippen LogP contribution in [0.25, 0.3) is 28.2 Å². The Morgan fingerprint density at radius 2 is 1.86 bits per heavy atom. The Balaban J connectivity index is 1.67. The number of nitrogens with one attached hydrogen (secondary N) is 1. The molecule has 0 saturated carbocycles. The number of benzene rings is 1. The van der Waals surface area contributed by atoms with Crippen molar-refractivity contribution in [1.29, 1.82) is 0 Å². The van der Waals surface area contributed by atoms with Crippen LogP contribution in [0.15, 0.2) is 34.2 Å². The van der Waals surface area contributed by atoms with Crippen molar-refractivity contribution in [1.82, 2.24) is 38.3 Å². The van der Waals surface area contributed by atoms with E-state index in [2.05, 4.69) is 20.1 Å². The summed E-state index contributed by atoms with van der Waals surface area (Å²) < 4.78 is 37.4. The second kappa shape index (κ2) is 9.64. The first-order chi connectivity index (χ1) is 17.3. The van der Waals surface area contributed by atoms with Gasteiger partial charge in [-0.2, -0.15) is 4.31 Å². The van der Waals surface area contributed by atoms with Gasteiger partial charge in [-0.15, -0.1) is 10.2 Å². The molecule has 192 valence electrons. The molecule has 5 rings (SSSR count). The molecule has 1 N–H and O–H groups in total. The van der Waals surface area contributed by atoms with Crippen LogP contribution in [0.4, 0.5) is 0 Å². The van der Waals surface area contributed by atoms with E-state index in [0.29, 0.717) is 73.3 Å². The number of piperazine rings is 1. The molecule has 13 heteroatoms. The van der Waals surface area contributed by atoms with Crippen molar-refractivity contribution in [3.05, 3.63) is 35.0 Å². The molecule has 1 aliphatic heterocycles. The lowest BCUT2D eigenvalue weighted by molar-refractivity contribution is 0.222. The lowest BCUT2D eigenvalue weighted by atomic mass is 10.2. The molecule has 3 aromatic heterocycles. The minimum Gasteiger partial charge on any atom is -0.493 e. The van der Waals surface area contributed by atoms with Crippen molar-refractivity contribution in [3.63, 3.8) is 0 Å². The van der Waals surface area contributed by atoms with Gasteiger partial charge < -0.3 is 14.6 Å². The topological polar surface area (TPSA) is 131 Å². The van der Waals surface area contributed by atoms with Gasteiger partial charge in [-0.05, 0) is 38.1 Å². The molecular formula is C23H30N8O4S. The van der Waals surface area contributed by atoms with Gasteiger partial charge in [0.1, 0.15) is 23.4 Å². The number of ether oxygens (including phenoxy) is 1. The fourth-order valence-electron chi connectivity index (χ4n) is 4.40. The molecule has 1 saturated heterocycles. The molecule has 1 fully saturated rings. The van der Waals surface area contributed by atoms with Crippen molar-refractivity contribution < 1.29 is 13.2 Å². The van der Waals surface area contributed by atoms with Crippen molar-refractivity contribution in [2.45, 2.75) is 38.1 Å². The Kier molecular flexibility index (Phi) is 6.53. The van der Waals surface area contributed by atoms with E-state index in [1.807, 2.05) is 20.9 Å². The van der Waals surface area contributed by atoms with E-state index in [-0.39, 0.29) is 10.6 Å². The van der Waals surface area contributed by atoms with Crippen molar-refractivity contribution in [3.8, 4) is 17.1 Å². The number of sulfonamides is 1. The molecule has 1 aromatic carbocycles. The Hall–Kier alpha value is -3.29. The van der Waals surface area contributed by atoms with Crippen molar-refractivity contribution in [2.24, 2.45) is 0 Å². The van der Waals surface area contributed by atoms with Crippen LogP contribution in [0.1, 0.15) is 26.7 Å². The van der Waals surface area contributed by atoms with Crippen LogP contribution in [-0.4, -0.2) is 86.6 Å². The number of H-pyrrole nitrogens is 1. The van der Waals surface area contributed by atoms with E-state index in [9.17, 15) is 13.2 Å². The van der Waals surface area contributed by atoms with Crippen molar-refractivity contribution in [2.75, 3.05) is 39.8 Å². The van der Waals surface area contributed by atoms with Crippen LogP contribution >= 0.6 is 0 Å². The van der Waals surface area contributed by atoms with Gasteiger partial charge in [-0.3, -0.25) is 4.57 Å². The molecule has 0 atom stereocenters. The van der Waals surface area contributed by atoms with Gasteiger partial charge in [0.15, 0.2) is 11.3 Å². The Bertz CT molecular complexity index is 1560. The standard InChI is InChI=1S/C23H30N8O4S/c1-4-8-30-21-19(22-27-24-15-31(22)23(30)32)25-20(26-21)17-14-16(6-7-18(17)35-13-5-2)36(33,34)29-11-9-28(3)10-12-29/h6-7,14-15H,4-5,8-13H2,1-3H3,(H,25,26). The zero-order valence-corrected chi connectivity index (χ0v) is 21.5. The summed E-state index contributed by atoms with van der Waals surface area (Å²) >= 11 is 0. The number of likely N-dealkylation sites (N-methyl/N-ethyl adjacent to an activating group) is 1. The zero-order chi connectivity index (χ0) is 25.4. The number of aryl methyl sites for hydroxylation is 1. The predicted octanol–water partition coefficient (Wildman–Crippen LogP) is 1.57. The molecule has 0 radical (unpaired) electrons. The molecule has 0 aliphatic carbocycles. The number of imidazole rings is 1. The quantitative estimate of drug-likeness (QED) is 0.375. The summed E-state index contributed by atoms with van der Waals surface area (Å²) in [6.45, 7) is 7.12. The second-order valence-electron chi connectivity index (χ2n) is 8.96. The molecule has 1 aliphatic rings. The highest BCUT2D eigenvalue weighted by Gasteiger charge is 2.29. The maximum absolute atomic E-state index is 13.5. The minimum atomic E-state index is -3.70. The molecule has 0 bridgehead atoms. The predicted molar refractivity (Wildman–Crippen MR) is 135 cm³/mol. The van der Waals surface area contributed by atoms with Gasteiger partial charge in [0.25, 0.3) is 0 Å². The van der Waals surface area contributed by atoms with Crippen LogP contribution in [0.2, 0.25) is 0 Å². The second-order valence-corrected chi connectivity index (χ2v) is 10.9. The first kappa shape index (κ1) is 24.4. The number of hydrogen-bond acceptors (Lipinski definition) is 8. The minimum absolute atomic E-state index is 0.171. The Labute approximate surface area is 208 Å². The van der Waals surface area contributed by atoms with Crippen LogP contribution in [0.5, 0.6) is 5.75 Å². The SMILES string of the molecule is CCCOc1ccc(S(=O)(=O)N2CCN(C)CC2)cc1-c1nc2c([nH]1)c1nncn1c(=O)n2CCC. The van der Waals surface area contributed by atoms with Gasteiger partial charge in [-0.25, -0.2) is 22.6 Å². The molecule has 4 heterocycles. The number of hydrogen-bond donors (Lipinski definition) is 1. The number of aromatic amines is 1. The lowest BCUT2D eigenvalue weighted by Gasteiger charge is -2.31. The Morgan fingerprint density at radius 3 is 2.58 bits per heavy atom. The third kappa shape index (κ3) is 4.16. The number of fused-ring (bicyclic) bond motifs is 3. The van der Waals surface area contributed by atoms with Crippen LogP contribution in [0.3, 0.4) is 0 Å². The molecule has 36 heavy (non-hydrogen) atoms. The highest BCUT2D eigenvalue weighted by atomic mass is 32.2. The molecular weight excluding hydrogens is 484 g/mol. The van der Waals surface area contributed by atoms with Gasteiger partial charge in [0.2, 0.25) is 10.0 Å². The van der Waals surface area contributed by atoms with Gasteiger partial charge in [0, 0.05) is 32.7 Å². The average molecular weight is 515 g/mol. The number of rotatable bonds is 8. The number of nitrogens with zero attached hydrogens (tertiary/aromatic N) is 7. The largest absolute Gasteiger partial charge is 0.493 e. The van der Waals surface area contributed by atoms with Crippen LogP contribution in [0, 0.1) is 0 Å². The summed E-state index contributed by atoms with van der Waals surface area (Å²) in [6, 6.07) is 4.85. The maximum Gasteiger partial charge on any atom is 0.336 e. The third-order valence-corrected chi connectivity index (χ3v) is 8.26. The highest BCUT2D eigenvalue weighted by Crippen LogP contribution is 2.33. The molecule has 0 spiro atoms. The van der Waals surface area contributed by atoms with E-state index in [4.69, 9.17) is 9.72 Å². The molecule has 4 aromatic rings. The van der Waals surface area contributed by atoms with E-state index in [0.717, 1.165) is 12.8 Å². The summed E-state index contributed by atoms with van der Waals surface area (Å²) in [5, 5.41) is 8.00. The fraction of sp³-hybridized carbons (Fsp3) is 0.478. The first-order valence-electron chi connectivity index (χ1n) is 12.1. The highest BCUT2D eigenvalue weighted by molar-refractivity contribution is 7.89. The number of aromatic nitrogens is 6. The molecule has 0 unspecified atom stereocenters. The monoisotopic (exact) mass is 514 g/mol. The molecule has 12 nitrogen and oxygen atoms in total. The third-order valence-electron chi connectivity index (χ3n) is 6.36. The van der Waals surface area contributed by atoms with E-state index in [1.165, 1.54) is 15.0 Å². The smallest absolute Gasteiger partial charge is 0.336 e. The summed E-state index contributed by atoms with van der Waals surface area (Å²) in [4.78, 5) is 23.3. The normalized spacial score (nSPS) is 15.8. The Morgan fingerprint density at radius 1 is 1.08 bits per heavy atom. The van der Waals surface area contributed by atoms with E-state index >= 15 is 0 Å². The van der Waals surface area contributed by atoms with Gasteiger partial charge in [0.05, 0.1) is 17.1 Å². The fourth-order valence-corrected chi connectivity index (χ4v) is 5.85. The summed E-state index contributed by atoms with van der Waals surface area (Å²) in [7, 11) is -1.72. The van der Waals surface area contributed by atoms with Gasteiger partial charge >= 0.3 is 5.69 Å². The summed E-state index contributed by atoms with van der Waals surface area (Å²) in [5.41, 5.74) is 1.56. The molecule has 0 amide bonds. The van der Waals surface area contributed by atoms with Crippen molar-refractivity contribution >= 4 is 26.8 Å². The van der Waals surface area contributed by atoms with Crippen LogP contribution in [-0.2, 0) is 16.6 Å². The summed E-state index contributed by atoms with van der Waals surface area (Å²) in [6.07, 6.45) is 2.90. The maximum atomic E-state index is 13.5. The first-order valence-corrected chi connectivity index (χ1v) is 13.6. The van der Waals surface area contributed by atoms with E-state index in [1.54, 1.807) is 22.8 Å². The van der Waals surface area contributed by atoms with Gasteiger partial charge in [-0.1, -0.05) is 13.8 Å². The van der Waals surface area contributed by atoms with E-state index < -0.39 is 10.0 Å².